The van der Waals surface area contributed by atoms with Gasteiger partial charge in [0.25, 0.3) is 6.29 Å². The zero-order chi connectivity index (χ0) is 41.4. The Hall–Kier alpha value is -3.01. The minimum Gasteiger partial charge on any atom is -0.477 e. The van der Waals surface area contributed by atoms with Gasteiger partial charge in [-0.05, 0) is 38.5 Å². The van der Waals surface area contributed by atoms with Crippen LogP contribution in [-0.2, 0) is 33.3 Å². The van der Waals surface area contributed by atoms with Crippen molar-refractivity contribution in [1.29, 1.82) is 0 Å². The lowest BCUT2D eigenvalue weighted by Crippen LogP contribution is -2.40. The summed E-state index contributed by atoms with van der Waals surface area (Å²) in [7, 11) is 5.92. The van der Waals surface area contributed by atoms with Crippen molar-refractivity contribution in [2.75, 3.05) is 47.5 Å². The molecule has 0 saturated carbocycles. The molecular weight excluding hydrogens is 707 g/mol. The molecule has 0 spiro atoms. The monoisotopic (exact) mass is 789 g/mol. The van der Waals surface area contributed by atoms with E-state index in [-0.39, 0.29) is 38.6 Å². The van der Waals surface area contributed by atoms with Crippen LogP contribution >= 0.6 is 0 Å². The van der Waals surface area contributed by atoms with Crippen molar-refractivity contribution < 1.29 is 42.9 Å². The maximum absolute atomic E-state index is 12.7. The first-order valence-electron chi connectivity index (χ1n) is 22.0. The fraction of sp³-hybridized carbons (Fsp3) is 0.723. The van der Waals surface area contributed by atoms with Crippen LogP contribution in [0.2, 0.25) is 0 Å². The van der Waals surface area contributed by atoms with Crippen LogP contribution in [0.4, 0.5) is 0 Å². The molecule has 0 bridgehead atoms. The van der Waals surface area contributed by atoms with Crippen LogP contribution in [0, 0.1) is 0 Å². The zero-order valence-corrected chi connectivity index (χ0v) is 36.3. The van der Waals surface area contributed by atoms with Gasteiger partial charge in [0.2, 0.25) is 0 Å². The highest BCUT2D eigenvalue weighted by molar-refractivity contribution is 5.72. The summed E-state index contributed by atoms with van der Waals surface area (Å²) >= 11 is 0. The molecule has 0 amide bonds. The predicted octanol–water partition coefficient (Wildman–Crippen LogP) is 11.4. The molecule has 322 valence electrons. The van der Waals surface area contributed by atoms with Gasteiger partial charge >= 0.3 is 17.9 Å². The van der Waals surface area contributed by atoms with Crippen LogP contribution in [-0.4, -0.2) is 87.4 Å². The van der Waals surface area contributed by atoms with E-state index in [2.05, 4.69) is 56.4 Å². The van der Waals surface area contributed by atoms with Gasteiger partial charge in [0.05, 0.1) is 40.8 Å². The van der Waals surface area contributed by atoms with Crippen LogP contribution in [0.25, 0.3) is 0 Å². The van der Waals surface area contributed by atoms with E-state index in [4.69, 9.17) is 18.9 Å². The number of carbonyl (C=O) groups is 3. The Balaban J connectivity index is 4.57. The second kappa shape index (κ2) is 38.8. The molecule has 0 aliphatic carbocycles. The summed E-state index contributed by atoms with van der Waals surface area (Å²) < 4.78 is 22.6. The van der Waals surface area contributed by atoms with E-state index in [0.29, 0.717) is 17.4 Å². The maximum Gasteiger partial charge on any atom is 0.361 e. The van der Waals surface area contributed by atoms with Crippen LogP contribution < -0.4 is 0 Å². The third-order valence-corrected chi connectivity index (χ3v) is 9.07. The topological polar surface area (TPSA) is 108 Å². The molecule has 0 rings (SSSR count). The minimum absolute atomic E-state index is 0.0273. The SMILES string of the molecule is CC/C=C\C/C=C\C/C=C\C/C=C\C/C=C\CC(=O)OC(COC(=O)CCCCCCCCCCCCCCCCCC)COC(OCC[N+](C)(C)C)C(=O)O. The lowest BCUT2D eigenvalue weighted by atomic mass is 10.0. The van der Waals surface area contributed by atoms with Crippen molar-refractivity contribution in [3.8, 4) is 0 Å². The first-order valence-corrected chi connectivity index (χ1v) is 22.0. The molecule has 0 fully saturated rings. The Bertz CT molecular complexity index is 1100. The van der Waals surface area contributed by atoms with Gasteiger partial charge in [-0.2, -0.15) is 0 Å². The second-order valence-corrected chi connectivity index (χ2v) is 15.6. The Morgan fingerprint density at radius 2 is 1.00 bits per heavy atom. The summed E-state index contributed by atoms with van der Waals surface area (Å²) in [5, 5.41) is 9.62. The van der Waals surface area contributed by atoms with Crippen LogP contribution in [0.5, 0.6) is 0 Å². The molecule has 1 N–H and O–H groups in total. The fourth-order valence-corrected chi connectivity index (χ4v) is 5.67. The van der Waals surface area contributed by atoms with Crippen molar-refractivity contribution in [3.05, 3.63) is 60.8 Å². The molecule has 0 aliphatic heterocycles. The van der Waals surface area contributed by atoms with Crippen molar-refractivity contribution in [3.63, 3.8) is 0 Å². The maximum atomic E-state index is 12.7. The third-order valence-electron chi connectivity index (χ3n) is 9.07. The first kappa shape index (κ1) is 53.0. The molecule has 2 unspecified atom stereocenters. The van der Waals surface area contributed by atoms with Gasteiger partial charge < -0.3 is 28.5 Å². The third kappa shape index (κ3) is 39.2. The van der Waals surface area contributed by atoms with E-state index >= 15 is 0 Å². The van der Waals surface area contributed by atoms with Crippen molar-refractivity contribution in [1.82, 2.24) is 0 Å². The standard InChI is InChI=1S/C47H81NO8/c1-6-8-10-12-14-16-18-20-22-24-25-27-29-31-33-35-37-44(49)54-41-43(42-55-47(46(51)52)53-40-39-48(3,4)5)56-45(50)38-36-34-32-30-28-26-23-21-19-17-15-13-11-9-7-2/h9,11,15,17,21,23,28,30,34,36,43,47H,6-8,10,12-14,16,18-20,22,24-27,29,31-33,35,37-42H2,1-5H3/p+1/b11-9-,17-15-,23-21-,30-28-,36-34-. The highest BCUT2D eigenvalue weighted by Gasteiger charge is 2.24. The fourth-order valence-electron chi connectivity index (χ4n) is 5.67. The summed E-state index contributed by atoms with van der Waals surface area (Å²) in [6.07, 6.45) is 43.1. The van der Waals surface area contributed by atoms with E-state index in [1.807, 2.05) is 33.3 Å². The van der Waals surface area contributed by atoms with Gasteiger partial charge in [-0.3, -0.25) is 9.59 Å². The lowest BCUT2D eigenvalue weighted by molar-refractivity contribution is -0.870. The van der Waals surface area contributed by atoms with Gasteiger partial charge in [-0.25, -0.2) is 4.79 Å². The Kier molecular flexibility index (Phi) is 36.8. The molecule has 0 saturated heterocycles. The molecule has 0 radical (unpaired) electrons. The number of ether oxygens (including phenoxy) is 4. The largest absolute Gasteiger partial charge is 0.477 e. The number of nitrogens with zero attached hydrogens (tertiary/aromatic N) is 1. The molecule has 2 atom stereocenters. The number of allylic oxidation sites excluding steroid dienone is 9. The molecular formula is C47H82NO8+. The minimum atomic E-state index is -1.53. The average molecular weight is 789 g/mol. The smallest absolute Gasteiger partial charge is 0.361 e. The molecule has 9 nitrogen and oxygen atoms in total. The highest BCUT2D eigenvalue weighted by atomic mass is 16.7. The lowest BCUT2D eigenvalue weighted by Gasteiger charge is -2.25. The molecule has 0 aromatic carbocycles. The van der Waals surface area contributed by atoms with Gasteiger partial charge in [0.1, 0.15) is 13.2 Å². The second-order valence-electron chi connectivity index (χ2n) is 15.6. The van der Waals surface area contributed by atoms with E-state index in [0.717, 1.165) is 44.9 Å². The molecule has 0 aliphatic rings. The van der Waals surface area contributed by atoms with Crippen LogP contribution in [0.15, 0.2) is 60.8 Å². The molecule has 0 aromatic rings. The number of unbranched alkanes of at least 4 members (excludes halogenated alkanes) is 15. The van der Waals surface area contributed by atoms with Gasteiger partial charge in [0, 0.05) is 6.42 Å². The number of carbonyl (C=O) groups excluding carboxylic acids is 2. The number of likely N-dealkylation sites (N-methyl/N-ethyl adjacent to an activating group) is 1. The van der Waals surface area contributed by atoms with Crippen LogP contribution in [0.1, 0.15) is 162 Å². The van der Waals surface area contributed by atoms with E-state index in [1.54, 1.807) is 6.08 Å². The molecule has 0 aromatic heterocycles. The average Bonchev–Trinajstić information content (AvgIpc) is 3.15. The highest BCUT2D eigenvalue weighted by Crippen LogP contribution is 2.14. The summed E-state index contributed by atoms with van der Waals surface area (Å²) in [6, 6.07) is 0. The summed E-state index contributed by atoms with van der Waals surface area (Å²) in [6.45, 7) is 4.63. The predicted molar refractivity (Wildman–Crippen MR) is 230 cm³/mol. The zero-order valence-electron chi connectivity index (χ0n) is 36.3. The number of aliphatic carboxylic acids is 1. The van der Waals surface area contributed by atoms with E-state index in [1.165, 1.54) is 83.5 Å². The number of carboxylic acid groups (broad SMARTS) is 1. The summed E-state index contributed by atoms with van der Waals surface area (Å²) in [4.78, 5) is 37.0. The van der Waals surface area contributed by atoms with Crippen LogP contribution in [0.3, 0.4) is 0 Å². The molecule has 0 heterocycles. The summed E-state index contributed by atoms with van der Waals surface area (Å²) in [5.41, 5.74) is 0. The first-order chi connectivity index (χ1) is 27.1. The number of carboxylic acids is 1. The van der Waals surface area contributed by atoms with Crippen molar-refractivity contribution in [2.45, 2.75) is 174 Å². The van der Waals surface area contributed by atoms with Gasteiger partial charge in [0.15, 0.2) is 6.10 Å². The van der Waals surface area contributed by atoms with E-state index in [9.17, 15) is 19.5 Å². The van der Waals surface area contributed by atoms with Gasteiger partial charge in [-0.15, -0.1) is 0 Å². The normalized spacial score (nSPS) is 13.5. The number of quaternary nitrogens is 1. The number of esters is 2. The number of hydrogen-bond acceptors (Lipinski definition) is 7. The van der Waals surface area contributed by atoms with E-state index < -0.39 is 24.3 Å². The molecule has 56 heavy (non-hydrogen) atoms. The van der Waals surface area contributed by atoms with Gasteiger partial charge in [-0.1, -0.05) is 171 Å². The number of hydrogen-bond donors (Lipinski definition) is 1. The Morgan fingerprint density at radius 3 is 1.45 bits per heavy atom. The summed E-state index contributed by atoms with van der Waals surface area (Å²) in [5.74, 6) is -2.18. The Morgan fingerprint density at radius 1 is 0.554 bits per heavy atom. The molecule has 9 heteroatoms. The van der Waals surface area contributed by atoms with Crippen molar-refractivity contribution >= 4 is 17.9 Å². The van der Waals surface area contributed by atoms with Crippen molar-refractivity contribution in [2.24, 2.45) is 0 Å². The number of rotatable bonds is 39. The quantitative estimate of drug-likeness (QED) is 0.0216. The Labute approximate surface area is 342 Å².